The standard InChI is InChI=1S/C22H30N2O3S2/c1-26-17-6-7-20-22(14-17)29-21(19(25)16-27-20)5-2-8-23-9-11-24(12-10-23)15-18-4-3-13-28-18/h3-4,6-7,13-14,19,21,25H,2,5,8-12,15-16H2,1H3/t19-,21+/m0/s1. The Balaban J connectivity index is 1.22. The summed E-state index contributed by atoms with van der Waals surface area (Å²) in [6.45, 7) is 7.09. The van der Waals surface area contributed by atoms with E-state index >= 15 is 0 Å². The molecule has 1 saturated heterocycles. The fraction of sp³-hybridized carbons (Fsp3) is 0.545. The van der Waals surface area contributed by atoms with Crippen LogP contribution in [-0.4, -0.2) is 72.7 Å². The molecule has 0 radical (unpaired) electrons. The molecule has 1 aromatic carbocycles. The summed E-state index contributed by atoms with van der Waals surface area (Å²) in [5, 5.41) is 12.9. The number of thiophene rings is 1. The van der Waals surface area contributed by atoms with Crippen molar-refractivity contribution in [2.75, 3.05) is 46.4 Å². The van der Waals surface area contributed by atoms with Crippen molar-refractivity contribution in [3.8, 4) is 11.5 Å². The van der Waals surface area contributed by atoms with Gasteiger partial charge < -0.3 is 19.5 Å². The third-order valence-electron chi connectivity index (χ3n) is 5.66. The fourth-order valence-corrected chi connectivity index (χ4v) is 5.93. The molecular weight excluding hydrogens is 404 g/mol. The van der Waals surface area contributed by atoms with Crippen LogP contribution in [0, 0.1) is 0 Å². The van der Waals surface area contributed by atoms with Gasteiger partial charge in [0.1, 0.15) is 24.2 Å². The van der Waals surface area contributed by atoms with Gasteiger partial charge in [0.05, 0.1) is 12.0 Å². The van der Waals surface area contributed by atoms with Crippen molar-refractivity contribution in [1.82, 2.24) is 9.80 Å². The predicted molar refractivity (Wildman–Crippen MR) is 119 cm³/mol. The van der Waals surface area contributed by atoms with Gasteiger partial charge >= 0.3 is 0 Å². The molecule has 3 heterocycles. The summed E-state index contributed by atoms with van der Waals surface area (Å²) in [6, 6.07) is 10.2. The molecule has 0 amide bonds. The second-order valence-corrected chi connectivity index (χ2v) is 10.00. The van der Waals surface area contributed by atoms with E-state index in [9.17, 15) is 5.11 Å². The monoisotopic (exact) mass is 434 g/mol. The Morgan fingerprint density at radius 1 is 1.17 bits per heavy atom. The van der Waals surface area contributed by atoms with Crippen molar-refractivity contribution in [2.24, 2.45) is 0 Å². The van der Waals surface area contributed by atoms with Crippen molar-refractivity contribution in [1.29, 1.82) is 0 Å². The maximum absolute atomic E-state index is 10.5. The van der Waals surface area contributed by atoms with Crippen LogP contribution >= 0.6 is 23.1 Å². The van der Waals surface area contributed by atoms with E-state index in [2.05, 4.69) is 27.3 Å². The SMILES string of the molecule is COc1ccc2c(c1)S[C@H](CCCN1CCN(Cc3cccs3)CC1)[C@@H](O)CO2. The average Bonchev–Trinajstić information content (AvgIpc) is 3.20. The average molecular weight is 435 g/mol. The Bertz CT molecular complexity index is 763. The minimum Gasteiger partial charge on any atom is -0.497 e. The molecule has 2 aliphatic heterocycles. The highest BCUT2D eigenvalue weighted by molar-refractivity contribution is 8.00. The number of rotatable bonds is 7. The second kappa shape index (κ2) is 10.2. The molecule has 4 rings (SSSR count). The maximum Gasteiger partial charge on any atom is 0.133 e. The summed E-state index contributed by atoms with van der Waals surface area (Å²) >= 11 is 3.57. The van der Waals surface area contributed by atoms with Crippen LogP contribution in [0.2, 0.25) is 0 Å². The molecule has 5 nitrogen and oxygen atoms in total. The number of benzene rings is 1. The number of hydrogen-bond donors (Lipinski definition) is 1. The number of piperazine rings is 1. The molecule has 29 heavy (non-hydrogen) atoms. The molecule has 7 heteroatoms. The van der Waals surface area contributed by atoms with Gasteiger partial charge in [-0.3, -0.25) is 4.90 Å². The normalized spacial score (nSPS) is 23.2. The van der Waals surface area contributed by atoms with Gasteiger partial charge in [0, 0.05) is 42.9 Å². The molecule has 0 spiro atoms. The zero-order valence-electron chi connectivity index (χ0n) is 17.0. The van der Waals surface area contributed by atoms with Gasteiger partial charge in [0.2, 0.25) is 0 Å². The van der Waals surface area contributed by atoms with Crippen LogP contribution in [-0.2, 0) is 6.54 Å². The van der Waals surface area contributed by atoms with Crippen LogP contribution in [0.15, 0.2) is 40.6 Å². The van der Waals surface area contributed by atoms with Gasteiger partial charge in [-0.2, -0.15) is 0 Å². The zero-order chi connectivity index (χ0) is 20.1. The highest BCUT2D eigenvalue weighted by Gasteiger charge is 2.27. The highest BCUT2D eigenvalue weighted by Crippen LogP contribution is 2.40. The van der Waals surface area contributed by atoms with Crippen molar-refractivity contribution in [3.05, 3.63) is 40.6 Å². The molecule has 1 N–H and O–H groups in total. The smallest absolute Gasteiger partial charge is 0.133 e. The number of nitrogens with zero attached hydrogens (tertiary/aromatic N) is 2. The number of hydrogen-bond acceptors (Lipinski definition) is 7. The molecule has 0 bridgehead atoms. The van der Waals surface area contributed by atoms with Crippen LogP contribution in [0.25, 0.3) is 0 Å². The molecule has 2 aromatic rings. The van der Waals surface area contributed by atoms with Crippen LogP contribution < -0.4 is 9.47 Å². The summed E-state index contributed by atoms with van der Waals surface area (Å²) in [5.41, 5.74) is 0. The summed E-state index contributed by atoms with van der Waals surface area (Å²) in [5.74, 6) is 1.68. The minimum absolute atomic E-state index is 0.156. The molecule has 158 valence electrons. The van der Waals surface area contributed by atoms with Crippen molar-refractivity contribution in [3.63, 3.8) is 0 Å². The van der Waals surface area contributed by atoms with Gasteiger partial charge in [0.15, 0.2) is 0 Å². The van der Waals surface area contributed by atoms with Crippen molar-refractivity contribution < 1.29 is 14.6 Å². The fourth-order valence-electron chi connectivity index (χ4n) is 3.91. The topological polar surface area (TPSA) is 45.2 Å². The van der Waals surface area contributed by atoms with Crippen molar-refractivity contribution >= 4 is 23.1 Å². The first-order valence-corrected chi connectivity index (χ1v) is 12.1. The number of methoxy groups -OCH3 is 1. The van der Waals surface area contributed by atoms with E-state index in [0.29, 0.717) is 6.61 Å². The lowest BCUT2D eigenvalue weighted by Crippen LogP contribution is -2.46. The first-order valence-electron chi connectivity index (χ1n) is 10.3. The highest BCUT2D eigenvalue weighted by atomic mass is 32.2. The maximum atomic E-state index is 10.5. The Labute approximate surface area is 181 Å². The summed E-state index contributed by atoms with van der Waals surface area (Å²) in [7, 11) is 1.68. The van der Waals surface area contributed by atoms with E-state index in [1.807, 2.05) is 29.5 Å². The van der Waals surface area contributed by atoms with E-state index in [1.165, 1.54) is 4.88 Å². The van der Waals surface area contributed by atoms with E-state index in [1.54, 1.807) is 18.9 Å². The number of aliphatic hydroxyl groups excluding tert-OH is 1. The molecule has 2 aliphatic rings. The number of aliphatic hydroxyl groups is 1. The third kappa shape index (κ3) is 5.67. The summed E-state index contributed by atoms with van der Waals surface area (Å²) in [4.78, 5) is 7.63. The minimum atomic E-state index is -0.443. The largest absolute Gasteiger partial charge is 0.497 e. The van der Waals surface area contributed by atoms with Crippen LogP contribution in [0.3, 0.4) is 0 Å². The molecule has 0 saturated carbocycles. The lowest BCUT2D eigenvalue weighted by Gasteiger charge is -2.34. The Kier molecular flexibility index (Phi) is 7.37. The van der Waals surface area contributed by atoms with Crippen molar-refractivity contribution in [2.45, 2.75) is 35.6 Å². The quantitative estimate of drug-likeness (QED) is 0.719. The molecule has 0 unspecified atom stereocenters. The lowest BCUT2D eigenvalue weighted by atomic mass is 10.1. The van der Waals surface area contributed by atoms with Gasteiger partial charge in [-0.15, -0.1) is 23.1 Å². The van der Waals surface area contributed by atoms with E-state index in [0.717, 1.165) is 68.5 Å². The van der Waals surface area contributed by atoms with Gasteiger partial charge in [-0.1, -0.05) is 6.07 Å². The van der Waals surface area contributed by atoms with Crippen LogP contribution in [0.5, 0.6) is 11.5 Å². The molecule has 1 aromatic heterocycles. The first kappa shape index (κ1) is 21.0. The Morgan fingerprint density at radius 2 is 2.00 bits per heavy atom. The Morgan fingerprint density at radius 3 is 2.76 bits per heavy atom. The second-order valence-electron chi connectivity index (χ2n) is 7.69. The zero-order valence-corrected chi connectivity index (χ0v) is 18.6. The molecular formula is C22H30N2O3S2. The van der Waals surface area contributed by atoms with E-state index in [4.69, 9.17) is 9.47 Å². The predicted octanol–water partition coefficient (Wildman–Crippen LogP) is 3.57. The summed E-state index contributed by atoms with van der Waals surface area (Å²) in [6.07, 6.45) is 1.64. The van der Waals surface area contributed by atoms with Gasteiger partial charge in [-0.25, -0.2) is 0 Å². The van der Waals surface area contributed by atoms with Gasteiger partial charge in [0.25, 0.3) is 0 Å². The number of thioether (sulfide) groups is 1. The molecule has 1 fully saturated rings. The van der Waals surface area contributed by atoms with E-state index < -0.39 is 6.10 Å². The first-order chi connectivity index (χ1) is 14.2. The lowest BCUT2D eigenvalue weighted by molar-refractivity contribution is 0.0998. The van der Waals surface area contributed by atoms with Crippen LogP contribution in [0.4, 0.5) is 0 Å². The third-order valence-corrected chi connectivity index (χ3v) is 7.94. The van der Waals surface area contributed by atoms with Gasteiger partial charge in [-0.05, 0) is 49.0 Å². The number of fused-ring (bicyclic) bond motifs is 1. The molecule has 2 atom stereocenters. The summed E-state index contributed by atoms with van der Waals surface area (Å²) < 4.78 is 11.1. The number of ether oxygens (including phenoxy) is 2. The molecule has 0 aliphatic carbocycles. The van der Waals surface area contributed by atoms with E-state index in [-0.39, 0.29) is 5.25 Å². The van der Waals surface area contributed by atoms with Crippen LogP contribution in [0.1, 0.15) is 17.7 Å². The Hall–Kier alpha value is -1.25.